The lowest BCUT2D eigenvalue weighted by Gasteiger charge is -2.18. The zero-order valence-electron chi connectivity index (χ0n) is 8.72. The van der Waals surface area contributed by atoms with E-state index in [9.17, 15) is 10.2 Å². The first-order valence-electron chi connectivity index (χ1n) is 5.02. The fourth-order valence-corrected chi connectivity index (χ4v) is 1.31. The van der Waals surface area contributed by atoms with Crippen molar-refractivity contribution in [2.45, 2.75) is 32.5 Å². The third-order valence-electron chi connectivity index (χ3n) is 2.42. The van der Waals surface area contributed by atoms with Crippen LogP contribution < -0.4 is 0 Å². The summed E-state index contributed by atoms with van der Waals surface area (Å²) in [6.45, 7) is 3.89. The highest BCUT2D eigenvalue weighted by Crippen LogP contribution is 2.20. The molecule has 0 aromatic heterocycles. The van der Waals surface area contributed by atoms with Crippen molar-refractivity contribution in [1.82, 2.24) is 0 Å². The van der Waals surface area contributed by atoms with Gasteiger partial charge in [-0.3, -0.25) is 0 Å². The molecule has 0 fully saturated rings. The van der Waals surface area contributed by atoms with E-state index in [0.717, 1.165) is 5.56 Å². The largest absolute Gasteiger partial charge is 0.393 e. The van der Waals surface area contributed by atoms with Crippen LogP contribution in [0.1, 0.15) is 31.9 Å². The molecule has 2 N–H and O–H groups in total. The van der Waals surface area contributed by atoms with Crippen LogP contribution in [0.25, 0.3) is 0 Å². The van der Waals surface area contributed by atoms with Crippen molar-refractivity contribution in [2.75, 3.05) is 0 Å². The minimum absolute atomic E-state index is 0.188. The van der Waals surface area contributed by atoms with Gasteiger partial charge in [0, 0.05) is 6.42 Å². The molecule has 0 aliphatic rings. The second-order valence-electron chi connectivity index (χ2n) is 3.97. The molecule has 0 saturated carbocycles. The van der Waals surface area contributed by atoms with Crippen molar-refractivity contribution < 1.29 is 10.2 Å². The van der Waals surface area contributed by atoms with Crippen molar-refractivity contribution in [1.29, 1.82) is 0 Å². The first-order valence-corrected chi connectivity index (χ1v) is 5.02. The van der Waals surface area contributed by atoms with Crippen LogP contribution >= 0.6 is 0 Å². The molecule has 0 aliphatic carbocycles. The minimum Gasteiger partial charge on any atom is -0.393 e. The third-order valence-corrected chi connectivity index (χ3v) is 2.42. The number of hydrogen-bond acceptors (Lipinski definition) is 2. The Morgan fingerprint density at radius 2 is 1.64 bits per heavy atom. The first-order chi connectivity index (χ1) is 6.61. The molecule has 14 heavy (non-hydrogen) atoms. The summed E-state index contributed by atoms with van der Waals surface area (Å²) in [5, 5.41) is 19.4. The lowest BCUT2D eigenvalue weighted by molar-refractivity contribution is 0.0532. The molecule has 0 aliphatic heterocycles. The van der Waals surface area contributed by atoms with E-state index < -0.39 is 12.2 Å². The molecular formula is C12H18O2. The Morgan fingerprint density at radius 1 is 1.07 bits per heavy atom. The number of hydrogen-bond donors (Lipinski definition) is 2. The second-order valence-corrected chi connectivity index (χ2v) is 3.97. The molecule has 2 heteroatoms. The van der Waals surface area contributed by atoms with E-state index >= 15 is 0 Å². The number of benzene rings is 1. The second kappa shape index (κ2) is 5.13. The van der Waals surface area contributed by atoms with Crippen molar-refractivity contribution >= 4 is 0 Å². The Balaban J connectivity index is 2.55. The predicted octanol–water partition coefficient (Wildman–Crippen LogP) is 2.13. The van der Waals surface area contributed by atoms with Crippen molar-refractivity contribution in [3.05, 3.63) is 35.9 Å². The monoisotopic (exact) mass is 194 g/mol. The van der Waals surface area contributed by atoms with Crippen LogP contribution in [0.3, 0.4) is 0 Å². The minimum atomic E-state index is -0.561. The Kier molecular flexibility index (Phi) is 4.11. The summed E-state index contributed by atoms with van der Waals surface area (Å²) >= 11 is 0. The highest BCUT2D eigenvalue weighted by atomic mass is 16.3. The van der Waals surface area contributed by atoms with Crippen LogP contribution in [0.5, 0.6) is 0 Å². The van der Waals surface area contributed by atoms with Gasteiger partial charge in [-0.25, -0.2) is 0 Å². The molecule has 0 spiro atoms. The summed E-state index contributed by atoms with van der Waals surface area (Å²) in [5.74, 6) is 0.188. The summed E-state index contributed by atoms with van der Waals surface area (Å²) in [7, 11) is 0. The van der Waals surface area contributed by atoms with Gasteiger partial charge in [0.15, 0.2) is 0 Å². The summed E-state index contributed by atoms with van der Waals surface area (Å²) < 4.78 is 0. The molecule has 2 atom stereocenters. The lowest BCUT2D eigenvalue weighted by Crippen LogP contribution is -2.18. The Bertz CT molecular complexity index is 256. The molecule has 2 nitrogen and oxygen atoms in total. The zero-order chi connectivity index (χ0) is 10.6. The molecule has 0 bridgehead atoms. The standard InChI is InChI=1S/C12H18O2/c1-9(2)11(13)8-12(14)10-6-4-3-5-7-10/h3-7,9,11-14H,8H2,1-2H3/t11-,12-/m0/s1. The zero-order valence-corrected chi connectivity index (χ0v) is 8.72. The SMILES string of the molecule is CC(C)[C@@H](O)C[C@H](O)c1ccccc1. The van der Waals surface area contributed by atoms with Crippen LogP contribution in [0, 0.1) is 5.92 Å². The lowest BCUT2D eigenvalue weighted by atomic mass is 9.97. The number of aliphatic hydroxyl groups is 2. The molecule has 1 rings (SSSR count). The van der Waals surface area contributed by atoms with Crippen LogP contribution in [0.2, 0.25) is 0 Å². The maximum absolute atomic E-state index is 9.78. The molecule has 1 aromatic carbocycles. The van der Waals surface area contributed by atoms with E-state index in [1.54, 1.807) is 0 Å². The fraction of sp³-hybridized carbons (Fsp3) is 0.500. The van der Waals surface area contributed by atoms with Gasteiger partial charge in [-0.05, 0) is 11.5 Å². The molecule has 78 valence electrons. The maximum atomic E-state index is 9.78. The van der Waals surface area contributed by atoms with Crippen molar-refractivity contribution in [3.8, 4) is 0 Å². The molecular weight excluding hydrogens is 176 g/mol. The van der Waals surface area contributed by atoms with E-state index in [1.807, 2.05) is 44.2 Å². The van der Waals surface area contributed by atoms with Crippen LogP contribution in [-0.2, 0) is 0 Å². The molecule has 0 saturated heterocycles. The van der Waals surface area contributed by atoms with Gasteiger partial charge in [-0.1, -0.05) is 44.2 Å². The van der Waals surface area contributed by atoms with Gasteiger partial charge in [-0.2, -0.15) is 0 Å². The van der Waals surface area contributed by atoms with Crippen molar-refractivity contribution in [2.24, 2.45) is 5.92 Å². The van der Waals surface area contributed by atoms with Gasteiger partial charge in [-0.15, -0.1) is 0 Å². The van der Waals surface area contributed by atoms with Crippen LogP contribution in [0.15, 0.2) is 30.3 Å². The number of rotatable bonds is 4. The molecule has 0 radical (unpaired) electrons. The van der Waals surface area contributed by atoms with Gasteiger partial charge in [0.25, 0.3) is 0 Å². The normalized spacial score (nSPS) is 15.5. The third kappa shape index (κ3) is 3.13. The van der Waals surface area contributed by atoms with Gasteiger partial charge < -0.3 is 10.2 Å². The highest BCUT2D eigenvalue weighted by Gasteiger charge is 2.15. The molecule has 1 aromatic rings. The molecule has 0 heterocycles. The van der Waals surface area contributed by atoms with Crippen molar-refractivity contribution in [3.63, 3.8) is 0 Å². The smallest absolute Gasteiger partial charge is 0.0814 e. The predicted molar refractivity (Wildman–Crippen MR) is 56.9 cm³/mol. The topological polar surface area (TPSA) is 40.5 Å². The van der Waals surface area contributed by atoms with Gasteiger partial charge in [0.2, 0.25) is 0 Å². The van der Waals surface area contributed by atoms with E-state index in [1.165, 1.54) is 0 Å². The summed E-state index contributed by atoms with van der Waals surface area (Å²) in [4.78, 5) is 0. The average molecular weight is 194 g/mol. The first kappa shape index (κ1) is 11.2. The van der Waals surface area contributed by atoms with Gasteiger partial charge in [0.1, 0.15) is 0 Å². The van der Waals surface area contributed by atoms with Crippen LogP contribution in [0.4, 0.5) is 0 Å². The van der Waals surface area contributed by atoms with E-state index in [4.69, 9.17) is 0 Å². The van der Waals surface area contributed by atoms with E-state index in [-0.39, 0.29) is 5.92 Å². The Morgan fingerprint density at radius 3 is 2.14 bits per heavy atom. The van der Waals surface area contributed by atoms with E-state index in [0.29, 0.717) is 6.42 Å². The summed E-state index contributed by atoms with van der Waals surface area (Å²) in [5.41, 5.74) is 0.868. The average Bonchev–Trinajstić information content (AvgIpc) is 2.19. The number of aliphatic hydroxyl groups excluding tert-OH is 2. The molecule has 0 amide bonds. The maximum Gasteiger partial charge on any atom is 0.0814 e. The quantitative estimate of drug-likeness (QED) is 0.770. The summed E-state index contributed by atoms with van der Waals surface area (Å²) in [6, 6.07) is 9.44. The van der Waals surface area contributed by atoms with Gasteiger partial charge in [0.05, 0.1) is 12.2 Å². The highest BCUT2D eigenvalue weighted by molar-refractivity contribution is 5.17. The van der Waals surface area contributed by atoms with Crippen LogP contribution in [-0.4, -0.2) is 16.3 Å². The van der Waals surface area contributed by atoms with Gasteiger partial charge >= 0.3 is 0 Å². The Hall–Kier alpha value is -0.860. The van der Waals surface area contributed by atoms with E-state index in [2.05, 4.69) is 0 Å². The Labute approximate surface area is 85.2 Å². The fourth-order valence-electron chi connectivity index (χ4n) is 1.31. The molecule has 0 unspecified atom stereocenters. The summed E-state index contributed by atoms with van der Waals surface area (Å²) in [6.07, 6.45) is -0.597.